The molecule has 1 unspecified atom stereocenters. The van der Waals surface area contributed by atoms with Crippen molar-refractivity contribution in [3.63, 3.8) is 0 Å². The quantitative estimate of drug-likeness (QED) is 0.588. The maximum atomic E-state index is 4.79. The zero-order valence-corrected chi connectivity index (χ0v) is 13.5. The minimum atomic E-state index is 0.335. The lowest BCUT2D eigenvalue weighted by molar-refractivity contribution is 0.896. The second kappa shape index (κ2) is 6.67. The summed E-state index contributed by atoms with van der Waals surface area (Å²) in [4.78, 5) is 4.79. The molecule has 1 aliphatic heterocycles. The van der Waals surface area contributed by atoms with Gasteiger partial charge in [0, 0.05) is 24.3 Å². The summed E-state index contributed by atoms with van der Waals surface area (Å²) in [5.74, 6) is 0.335. The van der Waals surface area contributed by atoms with Crippen LogP contribution in [-0.4, -0.2) is 5.71 Å². The Kier molecular flexibility index (Phi) is 4.07. The Bertz CT molecular complexity index is 862. The summed E-state index contributed by atoms with van der Waals surface area (Å²) >= 11 is 0. The summed E-state index contributed by atoms with van der Waals surface area (Å²) in [6, 6.07) is 31.8. The van der Waals surface area contributed by atoms with Crippen molar-refractivity contribution in [3.05, 3.63) is 114 Å². The molecule has 0 fully saturated rings. The summed E-state index contributed by atoms with van der Waals surface area (Å²) < 4.78 is 0. The second-order valence-corrected chi connectivity index (χ2v) is 6.06. The molecule has 0 amide bonds. The van der Waals surface area contributed by atoms with Crippen LogP contribution in [0.15, 0.2) is 102 Å². The van der Waals surface area contributed by atoms with Gasteiger partial charge in [-0.05, 0) is 22.3 Å². The molecular formula is C23H19N. The smallest absolute Gasteiger partial charge is 0.0485 e. The number of nitrogens with zero attached hydrogens (tertiary/aromatic N) is 1. The molecule has 3 aromatic rings. The molecule has 1 atom stereocenters. The van der Waals surface area contributed by atoms with Gasteiger partial charge in [0.1, 0.15) is 0 Å². The molecule has 0 bridgehead atoms. The molecule has 4 rings (SSSR count). The third-order valence-corrected chi connectivity index (χ3v) is 4.55. The molecule has 1 nitrogen and oxygen atoms in total. The average Bonchev–Trinajstić information content (AvgIpc) is 2.69. The molecule has 0 radical (unpaired) electrons. The summed E-state index contributed by atoms with van der Waals surface area (Å²) in [5.41, 5.74) is 6.26. The van der Waals surface area contributed by atoms with Crippen molar-refractivity contribution in [1.29, 1.82) is 0 Å². The van der Waals surface area contributed by atoms with Gasteiger partial charge >= 0.3 is 0 Å². The molecule has 0 aromatic heterocycles. The van der Waals surface area contributed by atoms with Crippen LogP contribution in [0.4, 0.5) is 0 Å². The first-order valence-corrected chi connectivity index (χ1v) is 8.34. The van der Waals surface area contributed by atoms with Gasteiger partial charge in [0.2, 0.25) is 0 Å². The van der Waals surface area contributed by atoms with Gasteiger partial charge in [0.15, 0.2) is 0 Å². The van der Waals surface area contributed by atoms with Gasteiger partial charge in [-0.25, -0.2) is 0 Å². The average molecular weight is 309 g/mol. The predicted molar refractivity (Wildman–Crippen MR) is 101 cm³/mol. The van der Waals surface area contributed by atoms with E-state index in [1.165, 1.54) is 22.3 Å². The van der Waals surface area contributed by atoms with Crippen LogP contribution in [0.25, 0.3) is 5.57 Å². The first-order chi connectivity index (χ1) is 11.9. The van der Waals surface area contributed by atoms with Crippen LogP contribution in [0, 0.1) is 0 Å². The third-order valence-electron chi connectivity index (χ3n) is 4.55. The zero-order chi connectivity index (χ0) is 16.2. The van der Waals surface area contributed by atoms with Gasteiger partial charge in [0.05, 0.1) is 0 Å². The number of benzene rings is 3. The second-order valence-electron chi connectivity index (χ2n) is 6.06. The van der Waals surface area contributed by atoms with E-state index < -0.39 is 0 Å². The molecule has 1 heteroatoms. The first-order valence-electron chi connectivity index (χ1n) is 8.34. The van der Waals surface area contributed by atoms with Crippen LogP contribution in [0.3, 0.4) is 0 Å². The Morgan fingerprint density at radius 2 is 1.17 bits per heavy atom. The molecule has 1 heterocycles. The predicted octanol–water partition coefficient (Wildman–Crippen LogP) is 5.70. The third kappa shape index (κ3) is 2.93. The molecule has 0 aliphatic carbocycles. The SMILES string of the molecule is C1=C(c2ccccc2)C(c2ccccc2)CC(c2ccccc2)=N1. The van der Waals surface area contributed by atoms with Gasteiger partial charge < -0.3 is 0 Å². The molecule has 3 aromatic carbocycles. The van der Waals surface area contributed by atoms with Crippen LogP contribution >= 0.6 is 0 Å². The fraction of sp³-hybridized carbons (Fsp3) is 0.0870. The van der Waals surface area contributed by atoms with E-state index in [-0.39, 0.29) is 0 Å². The number of hydrogen-bond acceptors (Lipinski definition) is 1. The zero-order valence-electron chi connectivity index (χ0n) is 13.5. The van der Waals surface area contributed by atoms with Crippen molar-refractivity contribution in [2.45, 2.75) is 12.3 Å². The van der Waals surface area contributed by atoms with Crippen molar-refractivity contribution in [2.75, 3.05) is 0 Å². The normalized spacial score (nSPS) is 17.1. The van der Waals surface area contributed by atoms with Gasteiger partial charge in [-0.3, -0.25) is 4.99 Å². The van der Waals surface area contributed by atoms with Gasteiger partial charge in [-0.2, -0.15) is 0 Å². The Labute approximate surface area is 143 Å². The minimum Gasteiger partial charge on any atom is -0.260 e. The van der Waals surface area contributed by atoms with Crippen LogP contribution in [-0.2, 0) is 0 Å². The molecule has 0 spiro atoms. The molecule has 116 valence electrons. The molecular weight excluding hydrogens is 290 g/mol. The maximum Gasteiger partial charge on any atom is 0.0485 e. The largest absolute Gasteiger partial charge is 0.260 e. The van der Waals surface area contributed by atoms with Gasteiger partial charge in [-0.1, -0.05) is 91.0 Å². The van der Waals surface area contributed by atoms with Crippen molar-refractivity contribution in [1.82, 2.24) is 0 Å². The van der Waals surface area contributed by atoms with Crippen molar-refractivity contribution in [3.8, 4) is 0 Å². The van der Waals surface area contributed by atoms with E-state index in [4.69, 9.17) is 4.99 Å². The monoisotopic (exact) mass is 309 g/mol. The van der Waals surface area contributed by atoms with Crippen molar-refractivity contribution < 1.29 is 0 Å². The molecule has 0 N–H and O–H groups in total. The number of rotatable bonds is 3. The summed E-state index contributed by atoms with van der Waals surface area (Å²) in [6.45, 7) is 0. The Morgan fingerprint density at radius 3 is 1.79 bits per heavy atom. The fourth-order valence-corrected chi connectivity index (χ4v) is 3.31. The number of allylic oxidation sites excluding steroid dienone is 1. The first kappa shape index (κ1) is 14.6. The lowest BCUT2D eigenvalue weighted by Gasteiger charge is -2.25. The van der Waals surface area contributed by atoms with E-state index in [0.717, 1.165) is 12.1 Å². The molecule has 0 saturated heterocycles. The highest BCUT2D eigenvalue weighted by Crippen LogP contribution is 2.38. The Balaban J connectivity index is 1.79. The molecule has 24 heavy (non-hydrogen) atoms. The summed E-state index contributed by atoms with van der Waals surface area (Å²) in [6.07, 6.45) is 2.98. The van der Waals surface area contributed by atoms with Gasteiger partial charge in [0.25, 0.3) is 0 Å². The van der Waals surface area contributed by atoms with Crippen molar-refractivity contribution >= 4 is 11.3 Å². The number of aliphatic imine (C=N–C) groups is 1. The summed E-state index contributed by atoms with van der Waals surface area (Å²) in [5, 5.41) is 0. The van der Waals surface area contributed by atoms with Crippen molar-refractivity contribution in [2.24, 2.45) is 4.99 Å². The van der Waals surface area contributed by atoms with Crippen LogP contribution in [0.2, 0.25) is 0 Å². The standard InChI is InChI=1S/C23H19N/c1-4-10-18(11-5-1)21-16-23(20-14-8-3-9-15-20)24-17-22(21)19-12-6-2-7-13-19/h1-15,17,21H,16H2. The van der Waals surface area contributed by atoms with E-state index >= 15 is 0 Å². The summed E-state index contributed by atoms with van der Waals surface area (Å²) in [7, 11) is 0. The van der Waals surface area contributed by atoms with Crippen LogP contribution in [0.1, 0.15) is 29.0 Å². The highest BCUT2D eigenvalue weighted by molar-refractivity contribution is 6.04. The van der Waals surface area contributed by atoms with E-state index in [1.807, 2.05) is 6.07 Å². The number of hydrogen-bond donors (Lipinski definition) is 0. The lowest BCUT2D eigenvalue weighted by atomic mass is 9.81. The van der Waals surface area contributed by atoms with E-state index in [2.05, 4.69) is 91.1 Å². The van der Waals surface area contributed by atoms with Gasteiger partial charge in [-0.15, -0.1) is 0 Å². The topological polar surface area (TPSA) is 12.4 Å². The van der Waals surface area contributed by atoms with E-state index in [0.29, 0.717) is 5.92 Å². The maximum absolute atomic E-state index is 4.79. The van der Waals surface area contributed by atoms with Crippen LogP contribution < -0.4 is 0 Å². The Morgan fingerprint density at radius 1 is 0.625 bits per heavy atom. The lowest BCUT2D eigenvalue weighted by Crippen LogP contribution is -2.14. The molecule has 1 aliphatic rings. The molecule has 0 saturated carbocycles. The Hall–Kier alpha value is -2.93. The fourth-order valence-electron chi connectivity index (χ4n) is 3.31. The van der Waals surface area contributed by atoms with E-state index in [9.17, 15) is 0 Å². The minimum absolute atomic E-state index is 0.335. The van der Waals surface area contributed by atoms with Crippen LogP contribution in [0.5, 0.6) is 0 Å². The highest BCUT2D eigenvalue weighted by Gasteiger charge is 2.24. The highest BCUT2D eigenvalue weighted by atomic mass is 14.7. The van der Waals surface area contributed by atoms with E-state index in [1.54, 1.807) is 0 Å².